The molecule has 0 bridgehead atoms. The maximum Gasteiger partial charge on any atom is 0.317 e. The molecule has 26 heavy (non-hydrogen) atoms. The van der Waals surface area contributed by atoms with Gasteiger partial charge in [0.2, 0.25) is 0 Å². The third-order valence-corrected chi connectivity index (χ3v) is 5.51. The van der Waals surface area contributed by atoms with E-state index >= 15 is 0 Å². The Morgan fingerprint density at radius 1 is 1.27 bits per heavy atom. The van der Waals surface area contributed by atoms with E-state index < -0.39 is 12.1 Å². The van der Waals surface area contributed by atoms with Gasteiger partial charge in [0.25, 0.3) is 5.91 Å². The van der Waals surface area contributed by atoms with Gasteiger partial charge >= 0.3 is 5.97 Å². The van der Waals surface area contributed by atoms with Crippen molar-refractivity contribution in [3.8, 4) is 5.75 Å². The summed E-state index contributed by atoms with van der Waals surface area (Å²) in [5.41, 5.74) is 2.73. The molecule has 1 saturated heterocycles. The molecule has 1 amide bonds. The van der Waals surface area contributed by atoms with E-state index in [0.717, 1.165) is 31.4 Å². The largest absolute Gasteiger partial charge is 0.481 e. The Balaban J connectivity index is 1.51. The number of hydrogen-bond donors (Lipinski definition) is 1. The zero-order valence-corrected chi connectivity index (χ0v) is 15.6. The van der Waals surface area contributed by atoms with E-state index in [1.54, 1.807) is 6.92 Å². The molecule has 1 fully saturated rings. The van der Waals surface area contributed by atoms with Gasteiger partial charge in [0.1, 0.15) is 5.75 Å². The van der Waals surface area contributed by atoms with Crippen molar-refractivity contribution in [1.29, 1.82) is 0 Å². The van der Waals surface area contributed by atoms with Crippen LogP contribution in [0.25, 0.3) is 0 Å². The van der Waals surface area contributed by atoms with Crippen LogP contribution in [0.5, 0.6) is 5.75 Å². The number of aryl methyl sites for hydroxylation is 2. The quantitative estimate of drug-likeness (QED) is 0.840. The summed E-state index contributed by atoms with van der Waals surface area (Å²) in [7, 11) is 1.83. The highest BCUT2D eigenvalue weighted by atomic mass is 16.5. The molecule has 142 valence electrons. The normalized spacial score (nSPS) is 18.7. The lowest BCUT2D eigenvalue weighted by molar-refractivity contribution is -0.141. The standard InChI is InChI=1S/C20H28N2O4/c1-14(26-18-7-6-15-4-3-5-16(15)12-18)20(25)22-10-8-17(9-11-22)21(2)13-19(23)24/h6-7,12,14,17H,3-5,8-11,13H2,1-2H3,(H,23,24). The van der Waals surface area contributed by atoms with Crippen molar-refractivity contribution in [2.45, 2.75) is 51.2 Å². The maximum absolute atomic E-state index is 12.7. The summed E-state index contributed by atoms with van der Waals surface area (Å²) in [6, 6.07) is 6.35. The number of amides is 1. The number of carboxylic acid groups (broad SMARTS) is 1. The first-order chi connectivity index (χ1) is 12.4. The van der Waals surface area contributed by atoms with Crippen molar-refractivity contribution in [3.05, 3.63) is 29.3 Å². The summed E-state index contributed by atoms with van der Waals surface area (Å²) in [6.45, 7) is 3.13. The number of likely N-dealkylation sites (tertiary alicyclic amines) is 1. The van der Waals surface area contributed by atoms with Gasteiger partial charge in [-0.15, -0.1) is 0 Å². The Morgan fingerprint density at radius 3 is 2.65 bits per heavy atom. The van der Waals surface area contributed by atoms with Crippen LogP contribution in [0, 0.1) is 0 Å². The maximum atomic E-state index is 12.7. The number of piperidine rings is 1. The van der Waals surface area contributed by atoms with Crippen LogP contribution in [-0.2, 0) is 22.4 Å². The predicted octanol–water partition coefficient (Wildman–Crippen LogP) is 1.95. The van der Waals surface area contributed by atoms with Gasteiger partial charge in [-0.1, -0.05) is 6.07 Å². The number of fused-ring (bicyclic) bond motifs is 1. The number of nitrogens with zero attached hydrogens (tertiary/aromatic N) is 2. The summed E-state index contributed by atoms with van der Waals surface area (Å²) in [6.07, 6.45) is 4.49. The van der Waals surface area contributed by atoms with Gasteiger partial charge in [0.05, 0.1) is 6.54 Å². The molecular formula is C20H28N2O4. The highest BCUT2D eigenvalue weighted by Gasteiger charge is 2.29. The van der Waals surface area contributed by atoms with E-state index in [-0.39, 0.29) is 18.5 Å². The van der Waals surface area contributed by atoms with Crippen LogP contribution in [0.2, 0.25) is 0 Å². The lowest BCUT2D eigenvalue weighted by Crippen LogP contribution is -2.49. The highest BCUT2D eigenvalue weighted by molar-refractivity contribution is 5.81. The minimum absolute atomic E-state index is 0.00448. The lowest BCUT2D eigenvalue weighted by atomic mass is 10.0. The number of rotatable bonds is 6. The van der Waals surface area contributed by atoms with Crippen molar-refractivity contribution >= 4 is 11.9 Å². The molecule has 1 unspecified atom stereocenters. The molecular weight excluding hydrogens is 332 g/mol. The Bertz CT molecular complexity index is 668. The van der Waals surface area contributed by atoms with Gasteiger partial charge in [0, 0.05) is 19.1 Å². The van der Waals surface area contributed by atoms with E-state index in [2.05, 4.69) is 12.1 Å². The van der Waals surface area contributed by atoms with Crippen LogP contribution in [0.15, 0.2) is 18.2 Å². The van der Waals surface area contributed by atoms with Crippen molar-refractivity contribution in [2.24, 2.45) is 0 Å². The van der Waals surface area contributed by atoms with E-state index in [0.29, 0.717) is 13.1 Å². The van der Waals surface area contributed by atoms with Gasteiger partial charge in [0.15, 0.2) is 6.10 Å². The first-order valence-electron chi connectivity index (χ1n) is 9.43. The number of aliphatic carboxylic acids is 1. The molecule has 0 aromatic heterocycles. The van der Waals surface area contributed by atoms with Crippen LogP contribution < -0.4 is 4.74 Å². The van der Waals surface area contributed by atoms with Crippen molar-refractivity contribution in [2.75, 3.05) is 26.7 Å². The summed E-state index contributed by atoms with van der Waals surface area (Å²) in [4.78, 5) is 27.2. The Labute approximate surface area is 154 Å². The topological polar surface area (TPSA) is 70.1 Å². The van der Waals surface area contributed by atoms with Crippen molar-refractivity contribution in [3.63, 3.8) is 0 Å². The number of ether oxygens (including phenoxy) is 1. The number of carboxylic acids is 1. The molecule has 0 radical (unpaired) electrons. The van der Waals surface area contributed by atoms with Crippen molar-refractivity contribution < 1.29 is 19.4 Å². The fraction of sp³-hybridized carbons (Fsp3) is 0.600. The molecule has 6 nitrogen and oxygen atoms in total. The monoisotopic (exact) mass is 360 g/mol. The minimum Gasteiger partial charge on any atom is -0.481 e. The first kappa shape index (κ1) is 18.7. The third-order valence-electron chi connectivity index (χ3n) is 5.51. The van der Waals surface area contributed by atoms with E-state index in [9.17, 15) is 9.59 Å². The van der Waals surface area contributed by atoms with Gasteiger partial charge in [-0.3, -0.25) is 14.5 Å². The molecule has 0 spiro atoms. The van der Waals surface area contributed by atoms with Crippen LogP contribution in [0.1, 0.15) is 37.3 Å². The summed E-state index contributed by atoms with van der Waals surface area (Å²) in [5.74, 6) is -0.0465. The molecule has 1 aromatic carbocycles. The smallest absolute Gasteiger partial charge is 0.317 e. The third kappa shape index (κ3) is 4.36. The molecule has 3 rings (SSSR count). The second kappa shape index (κ2) is 8.08. The van der Waals surface area contributed by atoms with Crippen LogP contribution in [0.4, 0.5) is 0 Å². The number of benzene rings is 1. The number of likely N-dealkylation sites (N-methyl/N-ethyl adjacent to an activating group) is 1. The Hall–Kier alpha value is -2.08. The van der Waals surface area contributed by atoms with Gasteiger partial charge in [-0.2, -0.15) is 0 Å². The summed E-state index contributed by atoms with van der Waals surface area (Å²) < 4.78 is 5.90. The molecule has 1 atom stereocenters. The Morgan fingerprint density at radius 2 is 1.96 bits per heavy atom. The van der Waals surface area contributed by atoms with Crippen LogP contribution >= 0.6 is 0 Å². The van der Waals surface area contributed by atoms with Crippen molar-refractivity contribution in [1.82, 2.24) is 9.80 Å². The minimum atomic E-state index is -0.817. The highest BCUT2D eigenvalue weighted by Crippen LogP contribution is 2.27. The number of carbonyl (C=O) groups is 2. The molecule has 1 aliphatic carbocycles. The molecule has 1 N–H and O–H groups in total. The van der Waals surface area contributed by atoms with E-state index in [1.807, 2.05) is 22.9 Å². The zero-order chi connectivity index (χ0) is 18.7. The van der Waals surface area contributed by atoms with Crippen LogP contribution in [-0.4, -0.2) is 65.6 Å². The average molecular weight is 360 g/mol. The fourth-order valence-electron chi connectivity index (χ4n) is 4.00. The Kier molecular flexibility index (Phi) is 5.81. The first-order valence-corrected chi connectivity index (χ1v) is 9.43. The van der Waals surface area contributed by atoms with Crippen LogP contribution in [0.3, 0.4) is 0 Å². The van der Waals surface area contributed by atoms with E-state index in [4.69, 9.17) is 9.84 Å². The average Bonchev–Trinajstić information content (AvgIpc) is 3.08. The molecule has 0 saturated carbocycles. The predicted molar refractivity (Wildman–Crippen MR) is 98.4 cm³/mol. The molecule has 1 heterocycles. The zero-order valence-electron chi connectivity index (χ0n) is 15.6. The second-order valence-electron chi connectivity index (χ2n) is 7.41. The molecule has 2 aliphatic rings. The molecule has 6 heteroatoms. The lowest BCUT2D eigenvalue weighted by Gasteiger charge is -2.37. The molecule has 1 aliphatic heterocycles. The van der Waals surface area contributed by atoms with Gasteiger partial charge in [-0.05, 0) is 69.3 Å². The number of hydrogen-bond acceptors (Lipinski definition) is 4. The SMILES string of the molecule is CC(Oc1ccc2c(c1)CCC2)C(=O)N1CCC(N(C)CC(=O)O)CC1. The second-order valence-corrected chi connectivity index (χ2v) is 7.41. The fourth-order valence-corrected chi connectivity index (χ4v) is 4.00. The summed E-state index contributed by atoms with van der Waals surface area (Å²) >= 11 is 0. The van der Waals surface area contributed by atoms with E-state index in [1.165, 1.54) is 17.5 Å². The van der Waals surface area contributed by atoms with Gasteiger partial charge in [-0.25, -0.2) is 0 Å². The summed E-state index contributed by atoms with van der Waals surface area (Å²) in [5, 5.41) is 8.90. The molecule has 1 aromatic rings. The number of carbonyl (C=O) groups excluding carboxylic acids is 1. The van der Waals surface area contributed by atoms with Gasteiger partial charge < -0.3 is 14.7 Å².